The van der Waals surface area contributed by atoms with Crippen LogP contribution in [-0.2, 0) is 0 Å². The molecule has 2 heterocycles. The Morgan fingerprint density at radius 2 is 1.83 bits per heavy atom. The number of H-pyrrole nitrogens is 2. The molecule has 0 aliphatic rings. The normalized spacial score (nSPS) is 10.6. The molecule has 152 valence electrons. The standard InChI is InChI=1S/C20H18N6O4/c1-29-11-7-8-15(30-2)14(9-11)23-18(27)16-17(22-10-21-16)19(28)26-20-24-12-5-3-4-6-13(12)25-20/h3-10H,1-2H3,(H,21,22)(H,23,27)(H2,24,25,26,28). The average molecular weight is 406 g/mol. The molecular formula is C20H18N6O4. The number of aromatic nitrogens is 4. The van der Waals surface area contributed by atoms with E-state index in [2.05, 4.69) is 30.6 Å². The van der Waals surface area contributed by atoms with Gasteiger partial charge in [-0.2, -0.15) is 0 Å². The lowest BCUT2D eigenvalue weighted by molar-refractivity contribution is 0.0985. The average Bonchev–Trinajstić information content (AvgIpc) is 3.40. The molecule has 0 aliphatic heterocycles. The summed E-state index contributed by atoms with van der Waals surface area (Å²) in [6, 6.07) is 12.3. The van der Waals surface area contributed by atoms with Crippen LogP contribution in [0.25, 0.3) is 11.0 Å². The largest absolute Gasteiger partial charge is 0.497 e. The summed E-state index contributed by atoms with van der Waals surface area (Å²) in [6.45, 7) is 0. The van der Waals surface area contributed by atoms with Gasteiger partial charge in [0.25, 0.3) is 11.8 Å². The van der Waals surface area contributed by atoms with Gasteiger partial charge in [0.05, 0.1) is 37.3 Å². The van der Waals surface area contributed by atoms with Gasteiger partial charge in [-0.25, -0.2) is 9.97 Å². The molecule has 2 aromatic heterocycles. The molecule has 4 N–H and O–H groups in total. The van der Waals surface area contributed by atoms with Gasteiger partial charge in [-0.1, -0.05) is 12.1 Å². The Balaban J connectivity index is 1.55. The zero-order valence-electron chi connectivity index (χ0n) is 16.1. The predicted molar refractivity (Wildman–Crippen MR) is 110 cm³/mol. The summed E-state index contributed by atoms with van der Waals surface area (Å²) in [5.74, 6) is 0.0902. The summed E-state index contributed by atoms with van der Waals surface area (Å²) >= 11 is 0. The van der Waals surface area contributed by atoms with Crippen LogP contribution in [0.2, 0.25) is 0 Å². The Kier molecular flexibility index (Phi) is 5.04. The molecule has 4 aromatic rings. The van der Waals surface area contributed by atoms with Crippen molar-refractivity contribution in [2.75, 3.05) is 24.9 Å². The van der Waals surface area contributed by atoms with Crippen molar-refractivity contribution in [3.05, 3.63) is 60.2 Å². The van der Waals surface area contributed by atoms with Crippen molar-refractivity contribution in [2.45, 2.75) is 0 Å². The van der Waals surface area contributed by atoms with E-state index >= 15 is 0 Å². The van der Waals surface area contributed by atoms with Crippen LogP contribution >= 0.6 is 0 Å². The second-order valence-corrected chi connectivity index (χ2v) is 6.20. The lowest BCUT2D eigenvalue weighted by Crippen LogP contribution is -2.21. The van der Waals surface area contributed by atoms with Gasteiger partial charge in [0.15, 0.2) is 5.69 Å². The molecule has 0 saturated heterocycles. The number of anilines is 2. The first-order chi connectivity index (χ1) is 14.6. The van der Waals surface area contributed by atoms with Crippen LogP contribution in [0.4, 0.5) is 11.6 Å². The summed E-state index contributed by atoms with van der Waals surface area (Å²) < 4.78 is 10.4. The van der Waals surface area contributed by atoms with Crippen LogP contribution in [0.15, 0.2) is 48.8 Å². The number of carbonyl (C=O) groups excluding carboxylic acids is 2. The van der Waals surface area contributed by atoms with Gasteiger partial charge in [0, 0.05) is 6.07 Å². The Morgan fingerprint density at radius 3 is 2.60 bits per heavy atom. The van der Waals surface area contributed by atoms with Crippen LogP contribution in [-0.4, -0.2) is 46.0 Å². The zero-order valence-corrected chi connectivity index (χ0v) is 16.1. The van der Waals surface area contributed by atoms with Crippen LogP contribution in [0, 0.1) is 0 Å². The van der Waals surface area contributed by atoms with Crippen molar-refractivity contribution >= 4 is 34.5 Å². The third-order valence-electron chi connectivity index (χ3n) is 4.36. The molecule has 2 amide bonds. The van der Waals surface area contributed by atoms with Gasteiger partial charge in [0.2, 0.25) is 5.95 Å². The Hall–Kier alpha value is -4.34. The molecule has 0 aliphatic carbocycles. The van der Waals surface area contributed by atoms with Gasteiger partial charge in [-0.05, 0) is 24.3 Å². The molecule has 0 unspecified atom stereocenters. The first-order valence-corrected chi connectivity index (χ1v) is 8.92. The Labute approximate surface area is 170 Å². The smallest absolute Gasteiger partial charge is 0.276 e. The highest BCUT2D eigenvalue weighted by Gasteiger charge is 2.22. The third kappa shape index (κ3) is 3.65. The second-order valence-electron chi connectivity index (χ2n) is 6.20. The number of methoxy groups -OCH3 is 2. The SMILES string of the molecule is COc1ccc(OC)c(NC(=O)c2nc[nH]c2C(=O)Nc2nc3ccccc3[nH]2)c1. The minimum atomic E-state index is -0.586. The minimum absolute atomic E-state index is 0.00480. The third-order valence-corrected chi connectivity index (χ3v) is 4.36. The minimum Gasteiger partial charge on any atom is -0.497 e. The van der Waals surface area contributed by atoms with Gasteiger partial charge >= 0.3 is 0 Å². The molecule has 0 spiro atoms. The van der Waals surface area contributed by atoms with Crippen molar-refractivity contribution in [3.63, 3.8) is 0 Å². The number of nitrogens with one attached hydrogen (secondary N) is 4. The Bertz CT molecular complexity index is 1200. The molecule has 30 heavy (non-hydrogen) atoms. The fraction of sp³-hybridized carbons (Fsp3) is 0.100. The van der Waals surface area contributed by atoms with E-state index in [1.165, 1.54) is 20.5 Å². The molecule has 2 aromatic carbocycles. The number of imidazole rings is 2. The van der Waals surface area contributed by atoms with Crippen molar-refractivity contribution < 1.29 is 19.1 Å². The number of carbonyl (C=O) groups is 2. The van der Waals surface area contributed by atoms with E-state index in [0.29, 0.717) is 22.7 Å². The second kappa shape index (κ2) is 7.95. The molecule has 0 radical (unpaired) electrons. The summed E-state index contributed by atoms with van der Waals surface area (Å²) in [7, 11) is 3.00. The van der Waals surface area contributed by atoms with E-state index in [1.54, 1.807) is 18.2 Å². The number of aromatic amines is 2. The van der Waals surface area contributed by atoms with Crippen molar-refractivity contribution in [1.29, 1.82) is 0 Å². The number of para-hydroxylation sites is 2. The first-order valence-electron chi connectivity index (χ1n) is 8.92. The quantitative estimate of drug-likeness (QED) is 0.389. The maximum atomic E-state index is 12.8. The van der Waals surface area contributed by atoms with E-state index in [1.807, 2.05) is 24.3 Å². The highest BCUT2D eigenvalue weighted by molar-refractivity contribution is 6.13. The maximum Gasteiger partial charge on any atom is 0.276 e. The van der Waals surface area contributed by atoms with Crippen LogP contribution in [0.5, 0.6) is 11.5 Å². The fourth-order valence-electron chi connectivity index (χ4n) is 2.91. The summed E-state index contributed by atoms with van der Waals surface area (Å²) in [6.07, 6.45) is 1.27. The molecule has 4 rings (SSSR count). The predicted octanol–water partition coefficient (Wildman–Crippen LogP) is 2.81. The van der Waals surface area contributed by atoms with Crippen LogP contribution in [0.1, 0.15) is 21.0 Å². The van der Waals surface area contributed by atoms with E-state index in [0.717, 1.165) is 5.52 Å². The summed E-state index contributed by atoms with van der Waals surface area (Å²) in [5, 5.41) is 5.32. The molecule has 0 fully saturated rings. The Morgan fingerprint density at radius 1 is 1.00 bits per heavy atom. The molecule has 0 atom stereocenters. The van der Waals surface area contributed by atoms with Crippen LogP contribution < -0.4 is 20.1 Å². The van der Waals surface area contributed by atoms with Gasteiger partial charge < -0.3 is 24.8 Å². The van der Waals surface area contributed by atoms with Gasteiger partial charge in [-0.15, -0.1) is 0 Å². The maximum absolute atomic E-state index is 12.8. The number of fused-ring (bicyclic) bond motifs is 1. The summed E-state index contributed by atoms with van der Waals surface area (Å²) in [4.78, 5) is 39.4. The summed E-state index contributed by atoms with van der Waals surface area (Å²) in [5.41, 5.74) is 1.79. The van der Waals surface area contributed by atoms with Gasteiger partial charge in [-0.3, -0.25) is 14.9 Å². The lowest BCUT2D eigenvalue weighted by Gasteiger charge is -2.11. The number of benzene rings is 2. The fourth-order valence-corrected chi connectivity index (χ4v) is 2.91. The highest BCUT2D eigenvalue weighted by atomic mass is 16.5. The monoisotopic (exact) mass is 406 g/mol. The van der Waals surface area contributed by atoms with E-state index in [-0.39, 0.29) is 17.3 Å². The topological polar surface area (TPSA) is 134 Å². The highest BCUT2D eigenvalue weighted by Crippen LogP contribution is 2.29. The first kappa shape index (κ1) is 19.0. The van der Waals surface area contributed by atoms with Crippen molar-refractivity contribution in [3.8, 4) is 11.5 Å². The zero-order chi connectivity index (χ0) is 21.1. The number of nitrogens with zero attached hydrogens (tertiary/aromatic N) is 2. The number of rotatable bonds is 6. The molecule has 10 nitrogen and oxygen atoms in total. The molecule has 10 heteroatoms. The molecule has 0 saturated carbocycles. The van der Waals surface area contributed by atoms with Gasteiger partial charge in [0.1, 0.15) is 17.2 Å². The van der Waals surface area contributed by atoms with E-state index in [9.17, 15) is 9.59 Å². The molecule has 0 bridgehead atoms. The number of hydrogen-bond donors (Lipinski definition) is 4. The number of hydrogen-bond acceptors (Lipinski definition) is 6. The lowest BCUT2D eigenvalue weighted by atomic mass is 10.2. The van der Waals surface area contributed by atoms with Crippen molar-refractivity contribution in [2.24, 2.45) is 0 Å². The van der Waals surface area contributed by atoms with E-state index in [4.69, 9.17) is 9.47 Å². The van der Waals surface area contributed by atoms with E-state index < -0.39 is 11.8 Å². The molecular weight excluding hydrogens is 388 g/mol. The van der Waals surface area contributed by atoms with Crippen molar-refractivity contribution in [1.82, 2.24) is 19.9 Å². The number of amides is 2. The van der Waals surface area contributed by atoms with Crippen LogP contribution in [0.3, 0.4) is 0 Å². The number of ether oxygens (including phenoxy) is 2.